The molecule has 0 fully saturated rings. The number of hydrogen-bond acceptors (Lipinski definition) is 2. The second kappa shape index (κ2) is 5.91. The third-order valence-electron chi connectivity index (χ3n) is 2.27. The van der Waals surface area contributed by atoms with Gasteiger partial charge in [-0.2, -0.15) is 13.2 Å². The smallest absolute Gasteiger partial charge is 0.271 e. The lowest BCUT2D eigenvalue weighted by Gasteiger charge is -2.19. The van der Waals surface area contributed by atoms with Gasteiger partial charge in [0.2, 0.25) is 0 Å². The van der Waals surface area contributed by atoms with Crippen LogP contribution in [0.2, 0.25) is 10.0 Å². The maximum absolute atomic E-state index is 12.1. The van der Waals surface area contributed by atoms with Crippen LogP contribution in [0.5, 0.6) is 0 Å². The molecule has 1 aromatic rings. The standard InChI is InChI=1S/C10H11Cl2F3N2/c11-6-2-1-3-7(12)9(6)8(17-16)4-5-10(13,14)15/h1-3,8,17H,4-5,16H2. The van der Waals surface area contributed by atoms with Crippen molar-refractivity contribution in [3.8, 4) is 0 Å². The average Bonchev–Trinajstić information content (AvgIpc) is 2.21. The van der Waals surface area contributed by atoms with Crippen LogP contribution in [0.15, 0.2) is 18.2 Å². The normalized spacial score (nSPS) is 13.8. The maximum atomic E-state index is 12.1. The van der Waals surface area contributed by atoms with E-state index in [-0.39, 0.29) is 6.42 Å². The Hall–Kier alpha value is -0.490. The largest absolute Gasteiger partial charge is 0.389 e. The molecule has 0 aliphatic carbocycles. The van der Waals surface area contributed by atoms with E-state index >= 15 is 0 Å². The number of hydrogen-bond donors (Lipinski definition) is 2. The van der Waals surface area contributed by atoms with E-state index in [9.17, 15) is 13.2 Å². The van der Waals surface area contributed by atoms with Gasteiger partial charge in [-0.15, -0.1) is 0 Å². The number of nitrogens with two attached hydrogens (primary N) is 1. The molecular formula is C10H11Cl2F3N2. The summed E-state index contributed by atoms with van der Waals surface area (Å²) in [6.07, 6.45) is -5.41. The minimum atomic E-state index is -4.23. The highest BCUT2D eigenvalue weighted by Crippen LogP contribution is 2.34. The summed E-state index contributed by atoms with van der Waals surface area (Å²) >= 11 is 11.8. The molecular weight excluding hydrogens is 276 g/mol. The molecule has 0 amide bonds. The molecule has 1 atom stereocenters. The Morgan fingerprint density at radius 3 is 2.18 bits per heavy atom. The molecule has 0 radical (unpaired) electrons. The zero-order valence-electron chi connectivity index (χ0n) is 8.69. The number of benzene rings is 1. The molecule has 0 heterocycles. The minimum absolute atomic E-state index is 0.219. The maximum Gasteiger partial charge on any atom is 0.389 e. The monoisotopic (exact) mass is 286 g/mol. The van der Waals surface area contributed by atoms with E-state index in [4.69, 9.17) is 29.0 Å². The number of nitrogens with one attached hydrogen (secondary N) is 1. The number of halogens is 5. The van der Waals surface area contributed by atoms with E-state index in [0.29, 0.717) is 15.6 Å². The molecule has 3 N–H and O–H groups in total. The van der Waals surface area contributed by atoms with Gasteiger partial charge in [-0.3, -0.25) is 11.3 Å². The Kier molecular flexibility index (Phi) is 5.06. The van der Waals surface area contributed by atoms with Gasteiger partial charge in [0.15, 0.2) is 0 Å². The van der Waals surface area contributed by atoms with Crippen molar-refractivity contribution in [1.29, 1.82) is 0 Å². The Morgan fingerprint density at radius 2 is 1.76 bits per heavy atom. The highest BCUT2D eigenvalue weighted by atomic mass is 35.5. The fraction of sp³-hybridized carbons (Fsp3) is 0.400. The van der Waals surface area contributed by atoms with Crippen LogP contribution in [0.1, 0.15) is 24.4 Å². The van der Waals surface area contributed by atoms with Crippen LogP contribution in [0.3, 0.4) is 0 Å². The van der Waals surface area contributed by atoms with Crippen LogP contribution in [0.4, 0.5) is 13.2 Å². The van der Waals surface area contributed by atoms with Crippen molar-refractivity contribution in [3.05, 3.63) is 33.8 Å². The highest BCUT2D eigenvalue weighted by molar-refractivity contribution is 6.36. The lowest BCUT2D eigenvalue weighted by atomic mass is 10.0. The van der Waals surface area contributed by atoms with E-state index in [1.54, 1.807) is 18.2 Å². The molecule has 0 spiro atoms. The highest BCUT2D eigenvalue weighted by Gasteiger charge is 2.29. The van der Waals surface area contributed by atoms with Crippen molar-refractivity contribution in [3.63, 3.8) is 0 Å². The predicted octanol–water partition coefficient (Wildman–Crippen LogP) is 3.84. The molecule has 0 aliphatic heterocycles. The van der Waals surface area contributed by atoms with Crippen molar-refractivity contribution in [2.45, 2.75) is 25.1 Å². The lowest BCUT2D eigenvalue weighted by molar-refractivity contribution is -0.136. The predicted molar refractivity (Wildman–Crippen MR) is 61.8 cm³/mol. The minimum Gasteiger partial charge on any atom is -0.271 e. The zero-order chi connectivity index (χ0) is 13.1. The Bertz CT molecular complexity index is 362. The number of rotatable bonds is 4. The van der Waals surface area contributed by atoms with Crippen LogP contribution in [-0.4, -0.2) is 6.18 Å². The van der Waals surface area contributed by atoms with Crippen LogP contribution in [0.25, 0.3) is 0 Å². The first-order valence-corrected chi connectivity index (χ1v) is 5.57. The van der Waals surface area contributed by atoms with Crippen LogP contribution < -0.4 is 11.3 Å². The van der Waals surface area contributed by atoms with E-state index in [1.165, 1.54) is 0 Å². The molecule has 7 heteroatoms. The Labute approximate surface area is 107 Å². The zero-order valence-corrected chi connectivity index (χ0v) is 10.2. The van der Waals surface area contributed by atoms with Gasteiger partial charge in [-0.05, 0) is 18.6 Å². The van der Waals surface area contributed by atoms with Gasteiger partial charge < -0.3 is 0 Å². The van der Waals surface area contributed by atoms with E-state index < -0.39 is 18.6 Å². The molecule has 0 saturated heterocycles. The Balaban J connectivity index is 2.87. The molecule has 1 aromatic carbocycles. The summed E-state index contributed by atoms with van der Waals surface area (Å²) in [6, 6.07) is 4.00. The van der Waals surface area contributed by atoms with Crippen LogP contribution in [0, 0.1) is 0 Å². The topological polar surface area (TPSA) is 38.0 Å². The van der Waals surface area contributed by atoms with Gasteiger partial charge in [0.25, 0.3) is 0 Å². The molecule has 0 aromatic heterocycles. The van der Waals surface area contributed by atoms with E-state index in [2.05, 4.69) is 5.43 Å². The van der Waals surface area contributed by atoms with Crippen molar-refractivity contribution in [2.75, 3.05) is 0 Å². The second-order valence-electron chi connectivity index (χ2n) is 3.51. The first-order chi connectivity index (χ1) is 7.85. The molecule has 17 heavy (non-hydrogen) atoms. The fourth-order valence-corrected chi connectivity index (χ4v) is 2.12. The van der Waals surface area contributed by atoms with Gasteiger partial charge in [0, 0.05) is 28.1 Å². The molecule has 2 nitrogen and oxygen atoms in total. The lowest BCUT2D eigenvalue weighted by Crippen LogP contribution is -2.29. The molecule has 0 saturated carbocycles. The van der Waals surface area contributed by atoms with Gasteiger partial charge in [0.05, 0.1) is 0 Å². The number of hydrazine groups is 1. The van der Waals surface area contributed by atoms with Crippen LogP contribution >= 0.6 is 23.2 Å². The molecule has 96 valence electrons. The van der Waals surface area contributed by atoms with Crippen molar-refractivity contribution >= 4 is 23.2 Å². The summed E-state index contributed by atoms with van der Waals surface area (Å²) in [6.45, 7) is 0. The second-order valence-corrected chi connectivity index (χ2v) is 4.32. The van der Waals surface area contributed by atoms with Gasteiger partial charge in [0.1, 0.15) is 0 Å². The van der Waals surface area contributed by atoms with Crippen molar-refractivity contribution < 1.29 is 13.2 Å². The van der Waals surface area contributed by atoms with E-state index in [1.807, 2.05) is 0 Å². The number of alkyl halides is 3. The van der Waals surface area contributed by atoms with Crippen molar-refractivity contribution in [1.82, 2.24) is 5.43 Å². The third kappa shape index (κ3) is 4.35. The first kappa shape index (κ1) is 14.6. The van der Waals surface area contributed by atoms with Gasteiger partial charge in [-0.25, -0.2) is 0 Å². The summed E-state index contributed by atoms with van der Waals surface area (Å²) in [5, 5.41) is 0.588. The van der Waals surface area contributed by atoms with E-state index in [0.717, 1.165) is 0 Å². The summed E-state index contributed by atoms with van der Waals surface area (Å²) in [5.74, 6) is 5.24. The third-order valence-corrected chi connectivity index (χ3v) is 2.93. The van der Waals surface area contributed by atoms with Crippen LogP contribution in [-0.2, 0) is 0 Å². The van der Waals surface area contributed by atoms with Gasteiger partial charge >= 0.3 is 6.18 Å². The quantitative estimate of drug-likeness (QED) is 0.652. The molecule has 1 unspecified atom stereocenters. The van der Waals surface area contributed by atoms with Gasteiger partial charge in [-0.1, -0.05) is 29.3 Å². The molecule has 0 aliphatic rings. The Morgan fingerprint density at radius 1 is 1.24 bits per heavy atom. The summed E-state index contributed by atoms with van der Waals surface area (Å²) in [4.78, 5) is 0. The SMILES string of the molecule is NNC(CCC(F)(F)F)c1c(Cl)cccc1Cl. The fourth-order valence-electron chi connectivity index (χ4n) is 1.46. The average molecular weight is 287 g/mol. The molecule has 0 bridgehead atoms. The first-order valence-electron chi connectivity index (χ1n) is 4.82. The molecule has 1 rings (SSSR count). The summed E-state index contributed by atoms with van der Waals surface area (Å²) in [7, 11) is 0. The summed E-state index contributed by atoms with van der Waals surface area (Å²) in [5.41, 5.74) is 2.69. The van der Waals surface area contributed by atoms with Crippen molar-refractivity contribution in [2.24, 2.45) is 5.84 Å². The summed E-state index contributed by atoms with van der Waals surface area (Å²) < 4.78 is 36.4.